The molecule has 1 aromatic heterocycles. The quantitative estimate of drug-likeness (QED) is 0.888. The van der Waals surface area contributed by atoms with E-state index in [1.807, 2.05) is 22.6 Å². The number of rotatable bonds is 3. The van der Waals surface area contributed by atoms with Gasteiger partial charge in [0.05, 0.1) is 18.9 Å². The van der Waals surface area contributed by atoms with E-state index in [9.17, 15) is 4.79 Å². The Morgan fingerprint density at radius 1 is 1.38 bits per heavy atom. The predicted molar refractivity (Wildman–Crippen MR) is 81.2 cm³/mol. The van der Waals surface area contributed by atoms with E-state index in [2.05, 4.69) is 4.90 Å². The van der Waals surface area contributed by atoms with Crippen LogP contribution in [-0.4, -0.2) is 65.7 Å². The lowest BCUT2D eigenvalue weighted by atomic mass is 10.2. The number of ether oxygens (including phenoxy) is 1. The first-order valence-electron chi connectivity index (χ1n) is 7.75. The Morgan fingerprint density at radius 3 is 2.86 bits per heavy atom. The zero-order chi connectivity index (χ0) is 14.8. The van der Waals surface area contributed by atoms with Crippen LogP contribution in [0.25, 0.3) is 0 Å². The molecular formula is C15H24N4O2. The number of aromatic nitrogens is 1. The molecule has 2 aliphatic rings. The van der Waals surface area contributed by atoms with Gasteiger partial charge < -0.3 is 19.9 Å². The molecule has 21 heavy (non-hydrogen) atoms. The largest absolute Gasteiger partial charge is 0.397 e. The number of aryl methyl sites for hydroxylation is 1. The van der Waals surface area contributed by atoms with Gasteiger partial charge in [-0.2, -0.15) is 0 Å². The summed E-state index contributed by atoms with van der Waals surface area (Å²) in [7, 11) is 0. The molecule has 0 radical (unpaired) electrons. The number of hydrogen-bond acceptors (Lipinski definition) is 4. The summed E-state index contributed by atoms with van der Waals surface area (Å²) < 4.78 is 7.33. The van der Waals surface area contributed by atoms with Crippen LogP contribution in [0.2, 0.25) is 0 Å². The van der Waals surface area contributed by atoms with Gasteiger partial charge in [0.25, 0.3) is 5.91 Å². The fraction of sp³-hybridized carbons (Fsp3) is 0.667. The molecule has 2 aliphatic heterocycles. The van der Waals surface area contributed by atoms with E-state index >= 15 is 0 Å². The average molecular weight is 292 g/mol. The molecule has 2 fully saturated rings. The summed E-state index contributed by atoms with van der Waals surface area (Å²) in [6, 6.07) is 2.26. The fourth-order valence-corrected chi connectivity index (χ4v) is 3.30. The first kappa shape index (κ1) is 14.4. The minimum Gasteiger partial charge on any atom is -0.397 e. The second-order valence-electron chi connectivity index (χ2n) is 5.79. The van der Waals surface area contributed by atoms with Gasteiger partial charge in [0.1, 0.15) is 5.69 Å². The number of nitrogens with zero attached hydrogens (tertiary/aromatic N) is 3. The third kappa shape index (κ3) is 2.91. The van der Waals surface area contributed by atoms with Gasteiger partial charge in [-0.05, 0) is 19.4 Å². The van der Waals surface area contributed by atoms with Crippen LogP contribution >= 0.6 is 0 Å². The summed E-state index contributed by atoms with van der Waals surface area (Å²) in [5.74, 6) is 0.101. The minimum atomic E-state index is 0.101. The molecule has 1 aromatic rings. The van der Waals surface area contributed by atoms with Gasteiger partial charge >= 0.3 is 0 Å². The number of hydrogen-bond donors (Lipinski definition) is 1. The van der Waals surface area contributed by atoms with Gasteiger partial charge in [-0.25, -0.2) is 0 Å². The Bertz CT molecular complexity index is 508. The van der Waals surface area contributed by atoms with Gasteiger partial charge in [-0.3, -0.25) is 9.69 Å². The number of anilines is 1. The molecule has 1 amide bonds. The van der Waals surface area contributed by atoms with Crippen LogP contribution in [0.4, 0.5) is 5.69 Å². The van der Waals surface area contributed by atoms with Crippen molar-refractivity contribution in [2.75, 3.05) is 45.1 Å². The summed E-state index contributed by atoms with van der Waals surface area (Å²) in [5.41, 5.74) is 7.18. The van der Waals surface area contributed by atoms with Crippen molar-refractivity contribution in [1.82, 2.24) is 14.4 Å². The SMILES string of the molecule is CCn1cc(N)cc1C(=O)N1CCC(N2CCOCC2)C1. The number of carbonyl (C=O) groups is 1. The molecule has 0 aromatic carbocycles. The summed E-state index contributed by atoms with van der Waals surface area (Å²) in [6.45, 7) is 7.99. The molecule has 116 valence electrons. The zero-order valence-corrected chi connectivity index (χ0v) is 12.6. The molecule has 0 bridgehead atoms. The molecule has 2 N–H and O–H groups in total. The number of likely N-dealkylation sites (tertiary alicyclic amines) is 1. The second-order valence-corrected chi connectivity index (χ2v) is 5.79. The monoisotopic (exact) mass is 292 g/mol. The molecule has 1 unspecified atom stereocenters. The van der Waals surface area contributed by atoms with E-state index in [1.165, 1.54) is 0 Å². The summed E-state index contributed by atoms with van der Waals surface area (Å²) in [4.78, 5) is 17.1. The lowest BCUT2D eigenvalue weighted by Crippen LogP contribution is -2.45. The highest BCUT2D eigenvalue weighted by molar-refractivity contribution is 5.94. The lowest BCUT2D eigenvalue weighted by molar-refractivity contribution is 0.0185. The number of carbonyl (C=O) groups excluding carboxylic acids is 1. The number of nitrogen functional groups attached to an aromatic ring is 1. The number of nitrogens with two attached hydrogens (primary N) is 1. The smallest absolute Gasteiger partial charge is 0.270 e. The average Bonchev–Trinajstić information content (AvgIpc) is 3.14. The van der Waals surface area contributed by atoms with Crippen molar-refractivity contribution in [2.45, 2.75) is 25.9 Å². The maximum absolute atomic E-state index is 12.7. The van der Waals surface area contributed by atoms with Crippen LogP contribution in [-0.2, 0) is 11.3 Å². The highest BCUT2D eigenvalue weighted by atomic mass is 16.5. The van der Waals surface area contributed by atoms with Crippen LogP contribution in [0.5, 0.6) is 0 Å². The van der Waals surface area contributed by atoms with Crippen LogP contribution in [0.15, 0.2) is 12.3 Å². The Balaban J connectivity index is 1.66. The summed E-state index contributed by atoms with van der Waals surface area (Å²) in [5, 5.41) is 0. The van der Waals surface area contributed by atoms with Crippen LogP contribution in [0.1, 0.15) is 23.8 Å². The lowest BCUT2D eigenvalue weighted by Gasteiger charge is -2.32. The zero-order valence-electron chi connectivity index (χ0n) is 12.6. The number of morpholine rings is 1. The van der Waals surface area contributed by atoms with Crippen molar-refractivity contribution in [3.63, 3.8) is 0 Å². The Morgan fingerprint density at radius 2 is 2.14 bits per heavy atom. The van der Waals surface area contributed by atoms with Crippen molar-refractivity contribution >= 4 is 11.6 Å². The molecule has 6 heteroatoms. The standard InChI is InChI=1S/C15H24N4O2/c1-2-17-10-12(16)9-14(17)15(20)19-4-3-13(11-19)18-5-7-21-8-6-18/h9-10,13H,2-8,11,16H2,1H3. The van der Waals surface area contributed by atoms with E-state index in [1.54, 1.807) is 6.07 Å². The van der Waals surface area contributed by atoms with Gasteiger partial charge in [0.2, 0.25) is 0 Å². The Hall–Kier alpha value is -1.53. The molecule has 0 saturated carbocycles. The van der Waals surface area contributed by atoms with Crippen molar-refractivity contribution in [3.8, 4) is 0 Å². The predicted octanol–water partition coefficient (Wildman–Crippen LogP) is 0.637. The first-order chi connectivity index (χ1) is 10.2. The van der Waals surface area contributed by atoms with Crippen LogP contribution in [0, 0.1) is 0 Å². The highest BCUT2D eigenvalue weighted by Crippen LogP contribution is 2.20. The van der Waals surface area contributed by atoms with Gasteiger partial charge in [0.15, 0.2) is 0 Å². The normalized spacial score (nSPS) is 23.7. The second kappa shape index (κ2) is 6.07. The third-order valence-electron chi connectivity index (χ3n) is 4.49. The maximum Gasteiger partial charge on any atom is 0.270 e. The molecule has 2 saturated heterocycles. The molecule has 3 heterocycles. The van der Waals surface area contributed by atoms with Gasteiger partial charge in [-0.15, -0.1) is 0 Å². The molecule has 0 aliphatic carbocycles. The van der Waals surface area contributed by atoms with E-state index in [4.69, 9.17) is 10.5 Å². The van der Waals surface area contributed by atoms with E-state index in [-0.39, 0.29) is 5.91 Å². The topological polar surface area (TPSA) is 63.7 Å². The molecular weight excluding hydrogens is 268 g/mol. The highest BCUT2D eigenvalue weighted by Gasteiger charge is 2.32. The molecule has 3 rings (SSSR count). The first-order valence-corrected chi connectivity index (χ1v) is 7.75. The van der Waals surface area contributed by atoms with Crippen molar-refractivity contribution in [1.29, 1.82) is 0 Å². The third-order valence-corrected chi connectivity index (χ3v) is 4.49. The van der Waals surface area contributed by atoms with Crippen LogP contribution in [0.3, 0.4) is 0 Å². The van der Waals surface area contributed by atoms with Crippen molar-refractivity contribution in [3.05, 3.63) is 18.0 Å². The maximum atomic E-state index is 12.7. The molecule has 6 nitrogen and oxygen atoms in total. The Kier molecular flexibility index (Phi) is 4.17. The fourth-order valence-electron chi connectivity index (χ4n) is 3.30. The van der Waals surface area contributed by atoms with Crippen molar-refractivity contribution < 1.29 is 9.53 Å². The van der Waals surface area contributed by atoms with Crippen molar-refractivity contribution in [2.24, 2.45) is 0 Å². The minimum absolute atomic E-state index is 0.101. The van der Waals surface area contributed by atoms with E-state index in [0.717, 1.165) is 52.4 Å². The Labute approximate surface area is 125 Å². The molecule has 1 atom stereocenters. The summed E-state index contributed by atoms with van der Waals surface area (Å²) in [6.07, 6.45) is 2.89. The van der Waals surface area contributed by atoms with Crippen LogP contribution < -0.4 is 5.73 Å². The molecule has 0 spiro atoms. The van der Waals surface area contributed by atoms with Gasteiger partial charge in [-0.1, -0.05) is 0 Å². The number of amides is 1. The summed E-state index contributed by atoms with van der Waals surface area (Å²) >= 11 is 0. The van der Waals surface area contributed by atoms with E-state index in [0.29, 0.717) is 17.4 Å². The van der Waals surface area contributed by atoms with Gasteiger partial charge in [0, 0.05) is 45.0 Å². The van der Waals surface area contributed by atoms with E-state index < -0.39 is 0 Å².